The molecule has 0 bridgehead atoms. The smallest absolute Gasteiger partial charge is 0.269 e. The summed E-state index contributed by atoms with van der Waals surface area (Å²) in [7, 11) is 0. The summed E-state index contributed by atoms with van der Waals surface area (Å²) < 4.78 is 0. The number of aromatic amines is 1. The average Bonchev–Trinajstić information content (AvgIpc) is 3.78. The zero-order chi connectivity index (χ0) is 56.6. The number of hydrogen-bond acceptors (Lipinski definition) is 14. The summed E-state index contributed by atoms with van der Waals surface area (Å²) in [5, 5.41) is 34.0. The van der Waals surface area contributed by atoms with Gasteiger partial charge in [-0.25, -0.2) is 0 Å². The van der Waals surface area contributed by atoms with E-state index in [0.717, 1.165) is 10.9 Å². The molecule has 4 rings (SSSR count). The standard InChI is InChI=1S/C49H72N18O10/c1-27(51)33-13-6-20-56-41(69)17-16-37(63-42(70)35(60-28(2)68)14-7-21-57-48(52)53)44(72)64-38(18-19-50)45(73)65-39(24-29-9-5-10-31(23-29)67(76)77)46(74)62-36(15-8-22-58-49(54)55)43(71)66-40(47(75)61-33)25-30-26-59-34-12-4-3-11-32(30)34/h3-5,9-12,23,26,33,35-40,59H,1,6-8,13-22,24-25,50-51H2,2H3,(H,56,69)(H,60,68)(H,61,75)(H,62,74)(H,63,70)(H,64,72)(H,65,73)(H,66,71)(H4,52,53,57)(H4,54,55,58)/t33-,35-,36-,37-,38-,39+,40-/m0/s1. The fourth-order valence-corrected chi connectivity index (χ4v) is 8.35. The van der Waals surface area contributed by atoms with Crippen molar-refractivity contribution >= 4 is 75.8 Å². The number of carbonyl (C=O) groups is 8. The number of aliphatic imine (C=N–C) groups is 2. The van der Waals surface area contributed by atoms with Crippen molar-refractivity contribution in [1.82, 2.24) is 47.5 Å². The molecule has 0 unspecified atom stereocenters. The molecule has 1 aliphatic rings. The molecule has 418 valence electrons. The van der Waals surface area contributed by atoms with Gasteiger partial charge in [0.25, 0.3) is 5.69 Å². The number of nitro benzene ring substituents is 1. The highest BCUT2D eigenvalue weighted by atomic mass is 16.6. The van der Waals surface area contributed by atoms with Crippen LogP contribution in [0.5, 0.6) is 0 Å². The minimum absolute atomic E-state index is 0.0189. The van der Waals surface area contributed by atoms with Crippen LogP contribution in [-0.2, 0) is 51.2 Å². The lowest BCUT2D eigenvalue weighted by Gasteiger charge is -2.28. The number of guanidine groups is 2. The second kappa shape index (κ2) is 30.5. The van der Waals surface area contributed by atoms with Crippen molar-refractivity contribution in [3.8, 4) is 0 Å². The SMILES string of the molecule is C=C(N)[C@@H]1CCCNC(=O)CC[C@H](NC(=O)[C@H](CCCN=C(N)N)NC(C)=O)C(=O)N[C@@H](CCN)C(=O)N[C@H](Cc2cccc([N+](=O)[O-])c2)C(=O)N[C@@H](CCCN=C(N)N)C(=O)N[C@@H](Cc2c[nH]c3ccccc23)C(=O)N1. The first kappa shape index (κ1) is 60.7. The number of rotatable bonds is 19. The van der Waals surface area contributed by atoms with E-state index in [2.05, 4.69) is 64.1 Å². The van der Waals surface area contributed by atoms with Crippen LogP contribution in [-0.4, -0.2) is 138 Å². The molecule has 2 aromatic carbocycles. The number of nitrogens with one attached hydrogen (secondary N) is 9. The second-order valence-corrected chi connectivity index (χ2v) is 18.4. The van der Waals surface area contributed by atoms with Gasteiger partial charge in [-0.1, -0.05) is 36.9 Å². The molecule has 1 aliphatic heterocycles. The number of carbonyl (C=O) groups excluding carboxylic acids is 8. The summed E-state index contributed by atoms with van der Waals surface area (Å²) in [4.78, 5) is 134. The first-order valence-electron chi connectivity index (χ1n) is 25.0. The van der Waals surface area contributed by atoms with Gasteiger partial charge >= 0.3 is 0 Å². The number of amides is 8. The Balaban J connectivity index is 1.80. The van der Waals surface area contributed by atoms with Gasteiger partial charge < -0.3 is 81.9 Å². The van der Waals surface area contributed by atoms with E-state index in [9.17, 15) is 48.5 Å². The van der Waals surface area contributed by atoms with E-state index in [-0.39, 0.29) is 126 Å². The average molecular weight is 1070 g/mol. The Bertz CT molecular complexity index is 2650. The summed E-state index contributed by atoms with van der Waals surface area (Å²) in [5.41, 5.74) is 35.5. The van der Waals surface area contributed by atoms with E-state index in [1.807, 2.05) is 24.3 Å². The Kier molecular flexibility index (Phi) is 24.1. The van der Waals surface area contributed by atoms with Crippen LogP contribution < -0.4 is 76.9 Å². The fraction of sp³-hybridized carbons (Fsp3) is 0.469. The number of nitro groups is 1. The van der Waals surface area contributed by atoms with Crippen LogP contribution in [0.4, 0.5) is 5.69 Å². The summed E-state index contributed by atoms with van der Waals surface area (Å²) in [6, 6.07) is 3.20. The van der Waals surface area contributed by atoms with E-state index in [1.54, 1.807) is 6.20 Å². The van der Waals surface area contributed by atoms with Crippen LogP contribution in [0.25, 0.3) is 10.9 Å². The Labute approximate surface area is 444 Å². The van der Waals surface area contributed by atoms with Crippen molar-refractivity contribution in [3.05, 3.63) is 88.2 Å². The molecule has 7 atom stereocenters. The van der Waals surface area contributed by atoms with Crippen LogP contribution in [0, 0.1) is 10.1 Å². The quantitative estimate of drug-likeness (QED) is 0.0186. The first-order chi connectivity index (χ1) is 36.6. The van der Waals surface area contributed by atoms with E-state index in [4.69, 9.17) is 34.4 Å². The zero-order valence-corrected chi connectivity index (χ0v) is 42.9. The molecule has 21 N–H and O–H groups in total. The van der Waals surface area contributed by atoms with Gasteiger partial charge in [-0.05, 0) is 75.1 Å². The molecule has 1 fully saturated rings. The van der Waals surface area contributed by atoms with Gasteiger partial charge in [-0.15, -0.1) is 0 Å². The van der Waals surface area contributed by atoms with Crippen molar-refractivity contribution in [2.45, 2.75) is 120 Å². The fourth-order valence-electron chi connectivity index (χ4n) is 8.35. The summed E-state index contributed by atoms with van der Waals surface area (Å²) in [6.07, 6.45) is 1.07. The largest absolute Gasteiger partial charge is 0.401 e. The number of fused-ring (bicyclic) bond motifs is 1. The van der Waals surface area contributed by atoms with Crippen molar-refractivity contribution in [3.63, 3.8) is 0 Å². The summed E-state index contributed by atoms with van der Waals surface area (Å²) in [5.74, 6) is -6.72. The molecule has 2 heterocycles. The number of H-pyrrole nitrogens is 1. The number of para-hydroxylation sites is 1. The van der Waals surface area contributed by atoms with Gasteiger partial charge in [0.2, 0.25) is 47.3 Å². The van der Waals surface area contributed by atoms with Gasteiger partial charge in [0.15, 0.2) is 11.9 Å². The molecule has 0 radical (unpaired) electrons. The predicted octanol–water partition coefficient (Wildman–Crippen LogP) is -3.11. The molecule has 0 aliphatic carbocycles. The molecule has 1 saturated heterocycles. The number of benzene rings is 2. The lowest BCUT2D eigenvalue weighted by atomic mass is 10.0. The minimum atomic E-state index is -1.60. The Morgan fingerprint density at radius 1 is 0.779 bits per heavy atom. The monoisotopic (exact) mass is 1070 g/mol. The van der Waals surface area contributed by atoms with Crippen LogP contribution in [0.3, 0.4) is 0 Å². The normalized spacial score (nSPS) is 20.8. The zero-order valence-electron chi connectivity index (χ0n) is 42.9. The van der Waals surface area contributed by atoms with Crippen molar-refractivity contribution in [2.24, 2.45) is 44.4 Å². The molecule has 8 amide bonds. The third-order valence-corrected chi connectivity index (χ3v) is 12.3. The maximum Gasteiger partial charge on any atom is 0.269 e. The molecule has 3 aromatic rings. The summed E-state index contributed by atoms with van der Waals surface area (Å²) in [6.45, 7) is 5.04. The van der Waals surface area contributed by atoms with Crippen LogP contribution in [0.1, 0.15) is 75.8 Å². The van der Waals surface area contributed by atoms with E-state index < -0.39 is 94.5 Å². The molecule has 0 saturated carbocycles. The maximum atomic E-state index is 14.7. The Hall–Kier alpha value is -8.82. The third-order valence-electron chi connectivity index (χ3n) is 12.3. The van der Waals surface area contributed by atoms with Crippen molar-refractivity contribution < 1.29 is 43.3 Å². The predicted molar refractivity (Wildman–Crippen MR) is 286 cm³/mol. The van der Waals surface area contributed by atoms with Gasteiger partial charge in [-0.3, -0.25) is 58.5 Å². The van der Waals surface area contributed by atoms with Gasteiger partial charge in [0.05, 0.1) is 11.0 Å². The molecular formula is C49H72N18O10. The molecule has 1 aromatic heterocycles. The first-order valence-corrected chi connectivity index (χ1v) is 25.0. The van der Waals surface area contributed by atoms with Crippen LogP contribution in [0.2, 0.25) is 0 Å². The Morgan fingerprint density at radius 3 is 2.04 bits per heavy atom. The lowest BCUT2D eigenvalue weighted by molar-refractivity contribution is -0.384. The second-order valence-electron chi connectivity index (χ2n) is 18.4. The number of nitrogens with two attached hydrogens (primary N) is 6. The number of nitrogens with zero attached hydrogens (tertiary/aromatic N) is 3. The number of aromatic nitrogens is 1. The van der Waals surface area contributed by atoms with E-state index in [0.29, 0.717) is 5.56 Å². The van der Waals surface area contributed by atoms with Crippen molar-refractivity contribution in [1.29, 1.82) is 0 Å². The Morgan fingerprint density at radius 2 is 1.39 bits per heavy atom. The molecule has 28 heteroatoms. The van der Waals surface area contributed by atoms with E-state index >= 15 is 0 Å². The maximum absolute atomic E-state index is 14.7. The van der Waals surface area contributed by atoms with E-state index in [1.165, 1.54) is 31.2 Å². The van der Waals surface area contributed by atoms with Crippen molar-refractivity contribution in [2.75, 3.05) is 26.2 Å². The number of hydrogen-bond donors (Lipinski definition) is 15. The molecule has 28 nitrogen and oxygen atoms in total. The molecule has 77 heavy (non-hydrogen) atoms. The summed E-state index contributed by atoms with van der Waals surface area (Å²) >= 11 is 0. The van der Waals surface area contributed by atoms with Crippen LogP contribution in [0.15, 0.2) is 77.0 Å². The lowest BCUT2D eigenvalue weighted by Crippen LogP contribution is -2.60. The highest BCUT2D eigenvalue weighted by Crippen LogP contribution is 2.20. The van der Waals surface area contributed by atoms with Gasteiger partial charge in [0, 0.05) is 80.8 Å². The highest BCUT2D eigenvalue weighted by Gasteiger charge is 2.35. The highest BCUT2D eigenvalue weighted by molar-refractivity contribution is 5.97. The third kappa shape index (κ3) is 20.4. The van der Waals surface area contributed by atoms with Gasteiger partial charge in [0.1, 0.15) is 36.3 Å². The van der Waals surface area contributed by atoms with Crippen LogP contribution >= 0.6 is 0 Å². The molecular weight excluding hydrogens is 1000 g/mol. The topological polar surface area (TPSA) is 473 Å². The molecule has 0 spiro atoms. The minimum Gasteiger partial charge on any atom is -0.401 e. The number of non-ortho nitro benzene ring substituents is 1. The van der Waals surface area contributed by atoms with Gasteiger partial charge in [-0.2, -0.15) is 0 Å².